The molecule has 1 amide bonds. The third kappa shape index (κ3) is 4.55. The van der Waals surface area contributed by atoms with Crippen LogP contribution in [0, 0.1) is 5.92 Å². The minimum atomic E-state index is -0.202. The Hall–Kier alpha value is -0.650. The first-order chi connectivity index (χ1) is 8.58. The van der Waals surface area contributed by atoms with Crippen molar-refractivity contribution in [2.24, 2.45) is 17.4 Å². The van der Waals surface area contributed by atoms with Crippen molar-refractivity contribution in [1.29, 1.82) is 0 Å². The molecule has 1 saturated heterocycles. The number of rotatable bonds is 7. The lowest BCUT2D eigenvalue weighted by Gasteiger charge is -2.39. The summed E-state index contributed by atoms with van der Waals surface area (Å²) in [6.07, 6.45) is 2.24. The average Bonchev–Trinajstić information content (AvgIpc) is 2.37. The number of nitrogens with two attached hydrogens (primary N) is 2. The van der Waals surface area contributed by atoms with Gasteiger partial charge in [-0.2, -0.15) is 0 Å². The molecule has 2 atom stereocenters. The van der Waals surface area contributed by atoms with Gasteiger partial charge in [0.1, 0.15) is 0 Å². The SMILES string of the molecule is CCC(CCN)N1CCN(CC(C)C(N)=O)CC1. The number of carbonyl (C=O) groups excluding carboxylic acids is 1. The summed E-state index contributed by atoms with van der Waals surface area (Å²) >= 11 is 0. The van der Waals surface area contributed by atoms with Gasteiger partial charge in [-0.25, -0.2) is 0 Å². The highest BCUT2D eigenvalue weighted by Gasteiger charge is 2.23. The van der Waals surface area contributed by atoms with E-state index < -0.39 is 0 Å². The molecule has 0 spiro atoms. The Morgan fingerprint density at radius 3 is 2.33 bits per heavy atom. The van der Waals surface area contributed by atoms with Crippen LogP contribution < -0.4 is 11.5 Å². The Morgan fingerprint density at radius 2 is 1.89 bits per heavy atom. The molecule has 1 heterocycles. The Labute approximate surface area is 110 Å². The van der Waals surface area contributed by atoms with E-state index in [1.54, 1.807) is 0 Å². The molecule has 18 heavy (non-hydrogen) atoms. The molecule has 0 saturated carbocycles. The van der Waals surface area contributed by atoms with E-state index in [0.717, 1.165) is 52.1 Å². The molecule has 5 heteroatoms. The number of hydrogen-bond donors (Lipinski definition) is 2. The van der Waals surface area contributed by atoms with Crippen LogP contribution in [0.1, 0.15) is 26.7 Å². The Morgan fingerprint density at radius 1 is 1.28 bits per heavy atom. The first-order valence-electron chi connectivity index (χ1n) is 7.04. The molecule has 2 unspecified atom stereocenters. The first kappa shape index (κ1) is 15.4. The number of amides is 1. The van der Waals surface area contributed by atoms with Crippen LogP contribution >= 0.6 is 0 Å². The third-order valence-electron chi connectivity index (χ3n) is 3.91. The van der Waals surface area contributed by atoms with Gasteiger partial charge in [-0.3, -0.25) is 9.69 Å². The number of nitrogens with zero attached hydrogens (tertiary/aromatic N) is 2. The summed E-state index contributed by atoms with van der Waals surface area (Å²) in [5.41, 5.74) is 10.9. The van der Waals surface area contributed by atoms with Crippen LogP contribution in [0.25, 0.3) is 0 Å². The van der Waals surface area contributed by atoms with Crippen molar-refractivity contribution in [2.45, 2.75) is 32.7 Å². The monoisotopic (exact) mass is 256 g/mol. The highest BCUT2D eigenvalue weighted by molar-refractivity contribution is 5.76. The van der Waals surface area contributed by atoms with Crippen LogP contribution in [-0.2, 0) is 4.79 Å². The predicted molar refractivity (Wildman–Crippen MR) is 74.1 cm³/mol. The smallest absolute Gasteiger partial charge is 0.221 e. The topological polar surface area (TPSA) is 75.6 Å². The van der Waals surface area contributed by atoms with Crippen LogP contribution in [0.4, 0.5) is 0 Å². The molecular weight excluding hydrogens is 228 g/mol. The largest absolute Gasteiger partial charge is 0.369 e. The zero-order chi connectivity index (χ0) is 13.5. The standard InChI is InChI=1S/C13H28N4O/c1-3-12(4-5-14)17-8-6-16(7-9-17)10-11(2)13(15)18/h11-12H,3-10,14H2,1-2H3,(H2,15,18). The van der Waals surface area contributed by atoms with Crippen LogP contribution in [0.5, 0.6) is 0 Å². The summed E-state index contributed by atoms with van der Waals surface area (Å²) < 4.78 is 0. The van der Waals surface area contributed by atoms with Crippen molar-refractivity contribution in [3.63, 3.8) is 0 Å². The molecule has 0 bridgehead atoms. The van der Waals surface area contributed by atoms with E-state index in [9.17, 15) is 4.79 Å². The van der Waals surface area contributed by atoms with Crippen LogP contribution in [0.3, 0.4) is 0 Å². The molecule has 5 nitrogen and oxygen atoms in total. The van der Waals surface area contributed by atoms with Gasteiger partial charge in [-0.15, -0.1) is 0 Å². The van der Waals surface area contributed by atoms with Crippen molar-refractivity contribution in [3.8, 4) is 0 Å². The van der Waals surface area contributed by atoms with E-state index in [0.29, 0.717) is 6.04 Å². The lowest BCUT2D eigenvalue weighted by molar-refractivity contribution is -0.122. The molecule has 0 aromatic rings. The molecule has 106 valence electrons. The van der Waals surface area contributed by atoms with E-state index in [-0.39, 0.29) is 11.8 Å². The Bertz CT molecular complexity index is 251. The summed E-state index contributed by atoms with van der Waals surface area (Å²) in [5.74, 6) is -0.255. The van der Waals surface area contributed by atoms with Gasteiger partial charge < -0.3 is 16.4 Å². The maximum absolute atomic E-state index is 11.0. The highest BCUT2D eigenvalue weighted by Crippen LogP contribution is 2.12. The fourth-order valence-corrected chi connectivity index (χ4v) is 2.63. The van der Waals surface area contributed by atoms with E-state index in [4.69, 9.17) is 11.5 Å². The summed E-state index contributed by atoms with van der Waals surface area (Å²) in [5, 5.41) is 0. The minimum Gasteiger partial charge on any atom is -0.369 e. The van der Waals surface area contributed by atoms with E-state index in [2.05, 4.69) is 16.7 Å². The lowest BCUT2D eigenvalue weighted by Crippen LogP contribution is -2.52. The third-order valence-corrected chi connectivity index (χ3v) is 3.91. The molecule has 1 rings (SSSR count). The van der Waals surface area contributed by atoms with Gasteiger partial charge in [-0.05, 0) is 19.4 Å². The van der Waals surface area contributed by atoms with Crippen LogP contribution in [0.15, 0.2) is 0 Å². The van der Waals surface area contributed by atoms with Crippen molar-refractivity contribution in [3.05, 3.63) is 0 Å². The number of primary amides is 1. The molecule has 0 aromatic heterocycles. The van der Waals surface area contributed by atoms with E-state index in [1.165, 1.54) is 0 Å². The number of hydrogen-bond acceptors (Lipinski definition) is 4. The molecule has 4 N–H and O–H groups in total. The molecule has 1 aliphatic heterocycles. The molecule has 1 aliphatic rings. The Balaban J connectivity index is 2.33. The summed E-state index contributed by atoms with van der Waals surface area (Å²) in [6, 6.07) is 0.616. The maximum atomic E-state index is 11.0. The van der Waals surface area contributed by atoms with Crippen molar-refractivity contribution < 1.29 is 4.79 Å². The fourth-order valence-electron chi connectivity index (χ4n) is 2.63. The fraction of sp³-hybridized carbons (Fsp3) is 0.923. The first-order valence-corrected chi connectivity index (χ1v) is 7.04. The average molecular weight is 256 g/mol. The Kier molecular flexibility index (Phi) is 6.60. The van der Waals surface area contributed by atoms with Gasteiger partial charge >= 0.3 is 0 Å². The van der Waals surface area contributed by atoms with Gasteiger partial charge in [0.25, 0.3) is 0 Å². The van der Waals surface area contributed by atoms with E-state index in [1.807, 2.05) is 6.92 Å². The minimum absolute atomic E-state index is 0.0532. The zero-order valence-corrected chi connectivity index (χ0v) is 11.8. The van der Waals surface area contributed by atoms with E-state index >= 15 is 0 Å². The highest BCUT2D eigenvalue weighted by atomic mass is 16.1. The quantitative estimate of drug-likeness (QED) is 0.664. The maximum Gasteiger partial charge on any atom is 0.221 e. The number of carbonyl (C=O) groups is 1. The van der Waals surface area contributed by atoms with Crippen LogP contribution in [-0.4, -0.2) is 61.0 Å². The van der Waals surface area contributed by atoms with Crippen molar-refractivity contribution >= 4 is 5.91 Å². The van der Waals surface area contributed by atoms with Gasteiger partial charge in [0.15, 0.2) is 0 Å². The van der Waals surface area contributed by atoms with Gasteiger partial charge in [0, 0.05) is 44.7 Å². The van der Waals surface area contributed by atoms with Gasteiger partial charge in [-0.1, -0.05) is 13.8 Å². The summed E-state index contributed by atoms with van der Waals surface area (Å²) in [4.78, 5) is 15.9. The second kappa shape index (κ2) is 7.71. The molecule has 0 radical (unpaired) electrons. The lowest BCUT2D eigenvalue weighted by atomic mass is 10.1. The molecule has 0 aliphatic carbocycles. The van der Waals surface area contributed by atoms with Crippen molar-refractivity contribution in [1.82, 2.24) is 9.80 Å². The zero-order valence-electron chi connectivity index (χ0n) is 11.8. The normalized spacial score (nSPS) is 21.7. The van der Waals surface area contributed by atoms with Crippen LogP contribution in [0.2, 0.25) is 0 Å². The second-order valence-corrected chi connectivity index (χ2v) is 5.28. The molecular formula is C13H28N4O. The van der Waals surface area contributed by atoms with Crippen molar-refractivity contribution in [2.75, 3.05) is 39.3 Å². The predicted octanol–water partition coefficient (Wildman–Crippen LogP) is -0.147. The number of piperazine rings is 1. The van der Waals surface area contributed by atoms with Gasteiger partial charge in [0.05, 0.1) is 0 Å². The summed E-state index contributed by atoms with van der Waals surface area (Å²) in [7, 11) is 0. The van der Waals surface area contributed by atoms with Gasteiger partial charge in [0.2, 0.25) is 5.91 Å². The second-order valence-electron chi connectivity index (χ2n) is 5.28. The molecule has 0 aromatic carbocycles. The molecule has 1 fully saturated rings. The summed E-state index contributed by atoms with van der Waals surface area (Å²) in [6.45, 7) is 9.87.